The van der Waals surface area contributed by atoms with Crippen LogP contribution in [0.25, 0.3) is 0 Å². The smallest absolute Gasteiger partial charge is 0.150 e. The number of nitrogens with zero attached hydrogens (tertiary/aromatic N) is 1. The van der Waals surface area contributed by atoms with E-state index in [0.717, 1.165) is 12.0 Å². The summed E-state index contributed by atoms with van der Waals surface area (Å²) in [5, 5.41) is 11.3. The number of carbonyl (C=O) groups excluding carboxylic acids is 1. The minimum atomic E-state index is 0.422. The second-order valence-corrected chi connectivity index (χ2v) is 2.84. The first kappa shape index (κ1) is 10.1. The Kier molecular flexibility index (Phi) is 3.50. The highest BCUT2D eigenvalue weighted by atomic mass is 16.1. The lowest BCUT2D eigenvalue weighted by molar-refractivity contribution is 0.112. The third-order valence-corrected chi connectivity index (χ3v) is 1.68. The van der Waals surface area contributed by atoms with Crippen LogP contribution in [0.1, 0.15) is 16.8 Å². The van der Waals surface area contributed by atoms with Crippen LogP contribution in [0.5, 0.6) is 0 Å². The molecule has 0 unspecified atom stereocenters. The fraction of sp³-hybridized carbons (Fsp3) is 0.200. The van der Waals surface area contributed by atoms with Crippen LogP contribution in [-0.4, -0.2) is 12.8 Å². The number of nitrogens with two attached hydrogens (primary N) is 1. The third-order valence-electron chi connectivity index (χ3n) is 1.68. The first-order valence-corrected chi connectivity index (χ1v) is 4.23. The number of carbonyl (C=O) groups is 1. The minimum Gasteiger partial charge on any atom is -0.399 e. The van der Waals surface area contributed by atoms with E-state index in [1.54, 1.807) is 18.2 Å². The van der Waals surface area contributed by atoms with Crippen LogP contribution in [0, 0.1) is 11.3 Å². The molecule has 14 heavy (non-hydrogen) atoms. The van der Waals surface area contributed by atoms with Crippen LogP contribution in [0.3, 0.4) is 0 Å². The van der Waals surface area contributed by atoms with Gasteiger partial charge in [-0.2, -0.15) is 5.26 Å². The second-order valence-electron chi connectivity index (χ2n) is 2.84. The molecule has 0 radical (unpaired) electrons. The predicted molar refractivity (Wildman–Crippen MR) is 55.0 cm³/mol. The molecule has 0 atom stereocenters. The van der Waals surface area contributed by atoms with Crippen molar-refractivity contribution in [1.82, 2.24) is 0 Å². The Morgan fingerprint density at radius 1 is 1.50 bits per heavy atom. The fourth-order valence-corrected chi connectivity index (χ4v) is 1.11. The van der Waals surface area contributed by atoms with Gasteiger partial charge >= 0.3 is 0 Å². The maximum atomic E-state index is 10.5. The summed E-state index contributed by atoms with van der Waals surface area (Å²) in [5.41, 5.74) is 7.41. The Labute approximate surface area is 82.3 Å². The van der Waals surface area contributed by atoms with Crippen molar-refractivity contribution in [3.05, 3.63) is 23.8 Å². The molecule has 0 heterocycles. The Hall–Kier alpha value is -2.02. The van der Waals surface area contributed by atoms with Crippen molar-refractivity contribution < 1.29 is 4.79 Å². The van der Waals surface area contributed by atoms with Crippen molar-refractivity contribution >= 4 is 17.7 Å². The molecule has 72 valence electrons. The largest absolute Gasteiger partial charge is 0.399 e. The molecule has 3 N–H and O–H groups in total. The zero-order valence-corrected chi connectivity index (χ0v) is 7.66. The number of anilines is 2. The van der Waals surface area contributed by atoms with E-state index in [4.69, 9.17) is 11.0 Å². The molecule has 0 fully saturated rings. The standard InChI is InChI=1S/C10H11N3O/c11-2-1-3-13-10-5-8(7-14)4-9(12)6-10/h4-7,13H,1,3,12H2. The highest BCUT2D eigenvalue weighted by Gasteiger charge is 1.97. The van der Waals surface area contributed by atoms with E-state index in [9.17, 15) is 4.79 Å². The van der Waals surface area contributed by atoms with E-state index in [-0.39, 0.29) is 0 Å². The molecule has 1 aromatic rings. The molecule has 0 aromatic heterocycles. The number of nitriles is 1. The molecule has 4 heteroatoms. The summed E-state index contributed by atoms with van der Waals surface area (Å²) >= 11 is 0. The maximum Gasteiger partial charge on any atom is 0.150 e. The second kappa shape index (κ2) is 4.87. The van der Waals surface area contributed by atoms with Gasteiger partial charge < -0.3 is 11.1 Å². The molecule has 0 spiro atoms. The molecule has 0 amide bonds. The molecular formula is C10H11N3O. The number of aldehydes is 1. The summed E-state index contributed by atoms with van der Waals surface area (Å²) in [5.74, 6) is 0. The Balaban J connectivity index is 2.72. The van der Waals surface area contributed by atoms with E-state index in [2.05, 4.69) is 5.32 Å². The Morgan fingerprint density at radius 3 is 2.93 bits per heavy atom. The van der Waals surface area contributed by atoms with E-state index in [0.29, 0.717) is 24.2 Å². The van der Waals surface area contributed by atoms with Gasteiger partial charge in [0, 0.05) is 23.5 Å². The number of hydrogen-bond donors (Lipinski definition) is 2. The van der Waals surface area contributed by atoms with Gasteiger partial charge in [0.1, 0.15) is 6.29 Å². The average molecular weight is 189 g/mol. The molecule has 0 aliphatic heterocycles. The number of nitrogen functional groups attached to an aromatic ring is 1. The van der Waals surface area contributed by atoms with E-state index >= 15 is 0 Å². The minimum absolute atomic E-state index is 0.422. The molecule has 0 bridgehead atoms. The van der Waals surface area contributed by atoms with Crippen molar-refractivity contribution in [3.63, 3.8) is 0 Å². The third kappa shape index (κ3) is 2.79. The molecule has 0 saturated carbocycles. The number of nitrogens with one attached hydrogen (secondary N) is 1. The van der Waals surface area contributed by atoms with Crippen LogP contribution in [-0.2, 0) is 0 Å². The summed E-state index contributed by atoms with van der Waals surface area (Å²) in [6.45, 7) is 0.554. The molecular weight excluding hydrogens is 178 g/mol. The lowest BCUT2D eigenvalue weighted by atomic mass is 10.2. The highest BCUT2D eigenvalue weighted by molar-refractivity contribution is 5.79. The molecule has 1 rings (SSSR count). The van der Waals surface area contributed by atoms with Crippen molar-refractivity contribution in [3.8, 4) is 6.07 Å². The Morgan fingerprint density at radius 2 is 2.29 bits per heavy atom. The van der Waals surface area contributed by atoms with Crippen LogP contribution in [0.4, 0.5) is 11.4 Å². The van der Waals surface area contributed by atoms with Gasteiger partial charge in [0.05, 0.1) is 12.5 Å². The number of hydrogen-bond acceptors (Lipinski definition) is 4. The van der Waals surface area contributed by atoms with Gasteiger partial charge in [-0.15, -0.1) is 0 Å². The predicted octanol–water partition coefficient (Wildman–Crippen LogP) is 1.41. The van der Waals surface area contributed by atoms with Gasteiger partial charge in [0.15, 0.2) is 0 Å². The molecule has 0 aliphatic rings. The van der Waals surface area contributed by atoms with E-state index < -0.39 is 0 Å². The van der Waals surface area contributed by atoms with Crippen molar-refractivity contribution in [2.75, 3.05) is 17.6 Å². The first-order chi connectivity index (χ1) is 6.76. The van der Waals surface area contributed by atoms with Gasteiger partial charge in [0.2, 0.25) is 0 Å². The Bertz CT molecular complexity index is 368. The fourth-order valence-electron chi connectivity index (χ4n) is 1.11. The molecule has 4 nitrogen and oxygen atoms in total. The highest BCUT2D eigenvalue weighted by Crippen LogP contribution is 2.15. The zero-order chi connectivity index (χ0) is 10.4. The van der Waals surface area contributed by atoms with Crippen LogP contribution >= 0.6 is 0 Å². The van der Waals surface area contributed by atoms with Crippen molar-refractivity contribution in [2.45, 2.75) is 6.42 Å². The average Bonchev–Trinajstić information content (AvgIpc) is 2.17. The van der Waals surface area contributed by atoms with Crippen LogP contribution in [0.15, 0.2) is 18.2 Å². The number of rotatable bonds is 4. The SMILES string of the molecule is N#CCCNc1cc(N)cc(C=O)c1. The van der Waals surface area contributed by atoms with Gasteiger partial charge in [0.25, 0.3) is 0 Å². The number of benzene rings is 1. The monoisotopic (exact) mass is 189 g/mol. The van der Waals surface area contributed by atoms with Crippen molar-refractivity contribution in [1.29, 1.82) is 5.26 Å². The first-order valence-electron chi connectivity index (χ1n) is 4.23. The zero-order valence-electron chi connectivity index (χ0n) is 7.66. The summed E-state index contributed by atoms with van der Waals surface area (Å²) in [6, 6.07) is 7.04. The van der Waals surface area contributed by atoms with Gasteiger partial charge in [-0.1, -0.05) is 0 Å². The molecule has 0 saturated heterocycles. The normalized spacial score (nSPS) is 9.07. The van der Waals surface area contributed by atoms with Gasteiger partial charge in [-0.25, -0.2) is 0 Å². The summed E-state index contributed by atoms with van der Waals surface area (Å²) in [7, 11) is 0. The molecule has 0 aliphatic carbocycles. The van der Waals surface area contributed by atoms with E-state index in [1.165, 1.54) is 0 Å². The topological polar surface area (TPSA) is 78.9 Å². The molecule has 1 aromatic carbocycles. The lowest BCUT2D eigenvalue weighted by Crippen LogP contribution is -2.01. The van der Waals surface area contributed by atoms with Crippen LogP contribution in [0.2, 0.25) is 0 Å². The quantitative estimate of drug-likeness (QED) is 0.426. The van der Waals surface area contributed by atoms with Crippen LogP contribution < -0.4 is 11.1 Å². The van der Waals surface area contributed by atoms with Gasteiger partial charge in [-0.05, 0) is 18.2 Å². The summed E-state index contributed by atoms with van der Waals surface area (Å²) in [4.78, 5) is 10.5. The van der Waals surface area contributed by atoms with E-state index in [1.807, 2.05) is 6.07 Å². The lowest BCUT2D eigenvalue weighted by Gasteiger charge is -2.05. The summed E-state index contributed by atoms with van der Waals surface area (Å²) < 4.78 is 0. The van der Waals surface area contributed by atoms with Gasteiger partial charge in [-0.3, -0.25) is 4.79 Å². The maximum absolute atomic E-state index is 10.5. The summed E-state index contributed by atoms with van der Waals surface area (Å²) in [6.07, 6.45) is 1.16. The van der Waals surface area contributed by atoms with Crippen molar-refractivity contribution in [2.24, 2.45) is 0 Å².